The van der Waals surface area contributed by atoms with E-state index in [2.05, 4.69) is 4.74 Å². The molecule has 1 aliphatic rings. The number of alkyl halides is 3. The van der Waals surface area contributed by atoms with Crippen LogP contribution in [0.15, 0.2) is 16.1 Å². The third-order valence-electron chi connectivity index (χ3n) is 3.99. The van der Waals surface area contributed by atoms with Gasteiger partial charge in [0.15, 0.2) is 5.78 Å². The Morgan fingerprint density at radius 3 is 2.64 bits per heavy atom. The number of carbonyl (C=O) groups is 2. The molecule has 2 atom stereocenters. The van der Waals surface area contributed by atoms with Gasteiger partial charge in [-0.2, -0.15) is 13.2 Å². The molecule has 0 bridgehead atoms. The van der Waals surface area contributed by atoms with Crippen LogP contribution < -0.4 is 0 Å². The Hall–Kier alpha value is -2.09. The van der Waals surface area contributed by atoms with Crippen molar-refractivity contribution < 1.29 is 37.0 Å². The minimum atomic E-state index is -4.94. The molecule has 0 saturated carbocycles. The lowest BCUT2D eigenvalue weighted by Crippen LogP contribution is -2.24. The van der Waals surface area contributed by atoms with Crippen molar-refractivity contribution >= 4 is 11.8 Å². The highest BCUT2D eigenvalue weighted by atomic mass is 19.4. The van der Waals surface area contributed by atoms with Gasteiger partial charge in [-0.3, -0.25) is 4.79 Å². The number of halogens is 3. The summed E-state index contributed by atoms with van der Waals surface area (Å²) in [5.74, 6) is -4.01. The summed E-state index contributed by atoms with van der Waals surface area (Å²) in [6.07, 6.45) is -3.43. The summed E-state index contributed by atoms with van der Waals surface area (Å²) >= 11 is 0. The average Bonchev–Trinajstić information content (AvgIpc) is 2.91. The van der Waals surface area contributed by atoms with Crippen molar-refractivity contribution in [2.45, 2.75) is 33.4 Å². The average molecular weight is 360 g/mol. The Balaban J connectivity index is 2.65. The number of ketones is 1. The number of aliphatic hydroxyl groups is 1. The molecule has 0 spiro atoms. The first-order valence-corrected chi connectivity index (χ1v) is 7.89. The highest BCUT2D eigenvalue weighted by Crippen LogP contribution is 2.43. The van der Waals surface area contributed by atoms with Crippen LogP contribution >= 0.6 is 0 Å². The number of ether oxygens (including phenoxy) is 1. The zero-order valence-corrected chi connectivity index (χ0v) is 14.1. The summed E-state index contributed by atoms with van der Waals surface area (Å²) in [5.41, 5.74) is -1.85. The quantitative estimate of drug-likeness (QED) is 0.658. The molecule has 5 nitrogen and oxygen atoms in total. The van der Waals surface area contributed by atoms with Gasteiger partial charge in [-0.1, -0.05) is 19.9 Å². The van der Waals surface area contributed by atoms with Gasteiger partial charge in [-0.25, -0.2) is 4.79 Å². The zero-order valence-electron chi connectivity index (χ0n) is 14.1. The lowest BCUT2D eigenvalue weighted by molar-refractivity contribution is -0.138. The Labute approximate surface area is 142 Å². The first kappa shape index (κ1) is 19.2. The van der Waals surface area contributed by atoms with E-state index in [0.29, 0.717) is 0 Å². The van der Waals surface area contributed by atoms with E-state index in [-0.39, 0.29) is 36.9 Å². The van der Waals surface area contributed by atoms with E-state index >= 15 is 0 Å². The second kappa shape index (κ2) is 7.03. The molecule has 0 radical (unpaired) electrons. The van der Waals surface area contributed by atoms with Crippen LogP contribution in [0.4, 0.5) is 13.2 Å². The predicted octanol–water partition coefficient (Wildman–Crippen LogP) is 3.40. The van der Waals surface area contributed by atoms with Gasteiger partial charge in [0.2, 0.25) is 5.76 Å². The van der Waals surface area contributed by atoms with Crippen LogP contribution in [0, 0.1) is 11.8 Å². The number of hydrogen-bond acceptors (Lipinski definition) is 5. The Morgan fingerprint density at radius 1 is 1.48 bits per heavy atom. The van der Waals surface area contributed by atoms with Gasteiger partial charge in [0.05, 0.1) is 12.2 Å². The van der Waals surface area contributed by atoms with Gasteiger partial charge >= 0.3 is 12.1 Å². The van der Waals surface area contributed by atoms with Crippen molar-refractivity contribution in [1.29, 1.82) is 0 Å². The molecule has 1 aliphatic carbocycles. The molecule has 0 saturated heterocycles. The predicted molar refractivity (Wildman–Crippen MR) is 81.2 cm³/mol. The third kappa shape index (κ3) is 3.63. The molecule has 138 valence electrons. The van der Waals surface area contributed by atoms with Gasteiger partial charge in [0, 0.05) is 13.0 Å². The van der Waals surface area contributed by atoms with E-state index < -0.39 is 40.7 Å². The van der Waals surface area contributed by atoms with Gasteiger partial charge in [-0.15, -0.1) is 0 Å². The SMILES string of the molecule is CCOC(=O)c1oc2c(c1C(F)(F)F)C(=O)C(=CC(C)CO)C(C)C2. The second-order valence-corrected chi connectivity index (χ2v) is 6.04. The summed E-state index contributed by atoms with van der Waals surface area (Å²) in [6.45, 7) is 4.43. The van der Waals surface area contributed by atoms with Crippen LogP contribution in [0.3, 0.4) is 0 Å². The number of allylic oxidation sites excluding steroid dienone is 1. The fraction of sp³-hybridized carbons (Fsp3) is 0.529. The molecule has 25 heavy (non-hydrogen) atoms. The van der Waals surface area contributed by atoms with Crippen LogP contribution in [-0.2, 0) is 17.3 Å². The van der Waals surface area contributed by atoms with E-state index in [1.165, 1.54) is 13.0 Å². The number of esters is 1. The topological polar surface area (TPSA) is 76.7 Å². The number of fused-ring (bicyclic) bond motifs is 1. The summed E-state index contributed by atoms with van der Waals surface area (Å²) in [6, 6.07) is 0. The zero-order chi connectivity index (χ0) is 18.9. The number of furan rings is 1. The molecule has 2 unspecified atom stereocenters. The van der Waals surface area contributed by atoms with Crippen molar-refractivity contribution in [2.24, 2.45) is 11.8 Å². The van der Waals surface area contributed by atoms with Crippen LogP contribution in [0.1, 0.15) is 53.0 Å². The Kier molecular flexibility index (Phi) is 5.41. The van der Waals surface area contributed by atoms with Crippen LogP contribution in [0.2, 0.25) is 0 Å². The van der Waals surface area contributed by atoms with Crippen molar-refractivity contribution in [3.05, 3.63) is 34.3 Å². The minimum absolute atomic E-state index is 0.0491. The highest BCUT2D eigenvalue weighted by Gasteiger charge is 2.47. The lowest BCUT2D eigenvalue weighted by atomic mass is 9.80. The van der Waals surface area contributed by atoms with Gasteiger partial charge < -0.3 is 14.3 Å². The van der Waals surface area contributed by atoms with E-state index in [0.717, 1.165) is 0 Å². The van der Waals surface area contributed by atoms with Crippen molar-refractivity contribution in [3.8, 4) is 0 Å². The molecular formula is C17H19F3O5. The molecule has 1 aromatic heterocycles. The number of Topliss-reactive ketones (excluding diaryl/α,β-unsaturated/α-hetero) is 1. The molecule has 1 aromatic rings. The number of aliphatic hydroxyl groups excluding tert-OH is 1. The number of hydrogen-bond donors (Lipinski definition) is 1. The van der Waals surface area contributed by atoms with Crippen molar-refractivity contribution in [1.82, 2.24) is 0 Å². The fourth-order valence-electron chi connectivity index (χ4n) is 2.83. The first-order chi connectivity index (χ1) is 11.6. The largest absolute Gasteiger partial charge is 0.460 e. The standard InChI is InChI=1S/C17H19F3O5/c1-4-24-16(23)15-13(17(18,19)20)12-11(25-15)6-9(3)10(14(12)22)5-8(2)7-21/h5,8-9,21H,4,6-7H2,1-3H3. The molecule has 1 heterocycles. The first-order valence-electron chi connectivity index (χ1n) is 7.89. The van der Waals surface area contributed by atoms with Crippen molar-refractivity contribution in [2.75, 3.05) is 13.2 Å². The van der Waals surface area contributed by atoms with Crippen LogP contribution in [0.5, 0.6) is 0 Å². The van der Waals surface area contributed by atoms with Gasteiger partial charge in [-0.05, 0) is 24.3 Å². The summed E-state index contributed by atoms with van der Waals surface area (Å²) < 4.78 is 50.3. The summed E-state index contributed by atoms with van der Waals surface area (Å²) in [7, 11) is 0. The van der Waals surface area contributed by atoms with Crippen molar-refractivity contribution in [3.63, 3.8) is 0 Å². The molecule has 2 rings (SSSR count). The maximum absolute atomic E-state index is 13.5. The lowest BCUT2D eigenvalue weighted by Gasteiger charge is -2.22. The molecule has 0 amide bonds. The van der Waals surface area contributed by atoms with E-state index in [1.807, 2.05) is 0 Å². The van der Waals surface area contributed by atoms with E-state index in [9.17, 15) is 22.8 Å². The third-order valence-corrected chi connectivity index (χ3v) is 3.99. The molecule has 0 aromatic carbocycles. The van der Waals surface area contributed by atoms with Gasteiger partial charge in [0.1, 0.15) is 11.3 Å². The Bertz CT molecular complexity index is 715. The maximum atomic E-state index is 13.5. The maximum Gasteiger partial charge on any atom is 0.421 e. The second-order valence-electron chi connectivity index (χ2n) is 6.04. The fourth-order valence-corrected chi connectivity index (χ4v) is 2.83. The molecule has 8 heteroatoms. The van der Waals surface area contributed by atoms with E-state index in [4.69, 9.17) is 9.52 Å². The number of carbonyl (C=O) groups excluding carboxylic acids is 2. The smallest absolute Gasteiger partial charge is 0.421 e. The number of rotatable bonds is 4. The van der Waals surface area contributed by atoms with Gasteiger partial charge in [0.25, 0.3) is 0 Å². The molecule has 0 aliphatic heterocycles. The molecular weight excluding hydrogens is 341 g/mol. The molecule has 0 fully saturated rings. The Morgan fingerprint density at radius 2 is 2.12 bits per heavy atom. The summed E-state index contributed by atoms with van der Waals surface area (Å²) in [4.78, 5) is 24.5. The van der Waals surface area contributed by atoms with Crippen LogP contribution in [-0.4, -0.2) is 30.1 Å². The summed E-state index contributed by atoms with van der Waals surface area (Å²) in [5, 5.41) is 9.14. The minimum Gasteiger partial charge on any atom is -0.460 e. The van der Waals surface area contributed by atoms with E-state index in [1.54, 1.807) is 13.8 Å². The molecule has 1 N–H and O–H groups in total. The highest BCUT2D eigenvalue weighted by molar-refractivity contribution is 6.13. The monoisotopic (exact) mass is 360 g/mol. The van der Waals surface area contributed by atoms with Crippen LogP contribution in [0.25, 0.3) is 0 Å². The normalized spacial score (nSPS) is 20.5.